The molecular formula is C4H10N2O2S. The van der Waals surface area contributed by atoms with E-state index in [0.29, 0.717) is 6.42 Å². The van der Waals surface area contributed by atoms with Crippen LogP contribution >= 0.6 is 12.6 Å². The Morgan fingerprint density at radius 2 is 2.33 bits per heavy atom. The van der Waals surface area contributed by atoms with Gasteiger partial charge in [0, 0.05) is 6.42 Å². The monoisotopic (exact) mass is 150 g/mol. The fourth-order valence-electron chi connectivity index (χ4n) is 0.280. The summed E-state index contributed by atoms with van der Waals surface area (Å²) in [5.74, 6) is 0. The van der Waals surface area contributed by atoms with Crippen molar-refractivity contribution in [1.82, 2.24) is 0 Å². The second kappa shape index (κ2) is 4.46. The molecule has 4 nitrogen and oxygen atoms in total. The first-order valence-corrected chi connectivity index (χ1v) is 3.00. The van der Waals surface area contributed by atoms with E-state index in [-0.39, 0.29) is 12.0 Å². The molecule has 0 fully saturated rings. The van der Waals surface area contributed by atoms with Crippen LogP contribution in [-0.2, 0) is 4.74 Å². The third-order valence-electron chi connectivity index (χ3n) is 0.658. The van der Waals surface area contributed by atoms with Crippen LogP contribution in [0.5, 0.6) is 0 Å². The molecule has 0 spiro atoms. The molecule has 4 N–H and O–H groups in total. The molecule has 0 heterocycles. The number of hydrogen-bond acceptors (Lipinski definition) is 4. The molecule has 0 bridgehead atoms. The summed E-state index contributed by atoms with van der Waals surface area (Å²) in [5.41, 5.74) is 9.86. The number of carbonyl (C=O) groups excluding carboxylic acids is 1. The maximum Gasteiger partial charge on any atom is 0.404 e. The molecule has 0 aliphatic rings. The van der Waals surface area contributed by atoms with Gasteiger partial charge in [-0.2, -0.15) is 12.6 Å². The van der Waals surface area contributed by atoms with Crippen molar-refractivity contribution >= 4 is 18.7 Å². The first-order chi connectivity index (χ1) is 4.13. The highest BCUT2D eigenvalue weighted by Crippen LogP contribution is 1.91. The van der Waals surface area contributed by atoms with Crippen molar-refractivity contribution in [2.45, 2.75) is 11.8 Å². The summed E-state index contributed by atoms with van der Waals surface area (Å²) in [6.45, 7) is 0.236. The third-order valence-corrected chi connectivity index (χ3v) is 0.916. The summed E-state index contributed by atoms with van der Waals surface area (Å²) in [6.07, 6.45) is -0.254. The van der Waals surface area contributed by atoms with Gasteiger partial charge in [0.25, 0.3) is 0 Å². The number of amides is 1. The van der Waals surface area contributed by atoms with Crippen LogP contribution < -0.4 is 11.5 Å². The number of carbonyl (C=O) groups is 1. The fraction of sp³-hybridized carbons (Fsp3) is 0.750. The van der Waals surface area contributed by atoms with Crippen molar-refractivity contribution in [3.8, 4) is 0 Å². The van der Waals surface area contributed by atoms with Crippen molar-refractivity contribution in [2.75, 3.05) is 6.61 Å². The molecule has 0 aromatic heterocycles. The average Bonchev–Trinajstić information content (AvgIpc) is 1.63. The molecule has 0 aromatic carbocycles. The Bertz CT molecular complexity index is 96.6. The van der Waals surface area contributed by atoms with Gasteiger partial charge >= 0.3 is 6.09 Å². The molecule has 0 aliphatic heterocycles. The highest BCUT2D eigenvalue weighted by atomic mass is 32.1. The van der Waals surface area contributed by atoms with Gasteiger partial charge in [-0.15, -0.1) is 0 Å². The Morgan fingerprint density at radius 3 is 2.67 bits per heavy atom. The average molecular weight is 150 g/mol. The van der Waals surface area contributed by atoms with Gasteiger partial charge in [0.2, 0.25) is 0 Å². The van der Waals surface area contributed by atoms with Crippen LogP contribution in [0.1, 0.15) is 6.42 Å². The maximum atomic E-state index is 9.92. The van der Waals surface area contributed by atoms with Gasteiger partial charge in [0.15, 0.2) is 0 Å². The predicted molar refractivity (Wildman–Crippen MR) is 37.1 cm³/mol. The standard InChI is InChI=1S/C4H10N2O2S/c5-3(9)1-2-8-4(6)7/h3,9H,1-2,5H2,(H2,6,7). The molecule has 9 heavy (non-hydrogen) atoms. The lowest BCUT2D eigenvalue weighted by Gasteiger charge is -2.02. The van der Waals surface area contributed by atoms with Crippen molar-refractivity contribution in [3.05, 3.63) is 0 Å². The highest BCUT2D eigenvalue weighted by molar-refractivity contribution is 7.80. The van der Waals surface area contributed by atoms with E-state index in [2.05, 4.69) is 23.1 Å². The normalized spacial score (nSPS) is 12.7. The van der Waals surface area contributed by atoms with Gasteiger partial charge in [0.1, 0.15) is 0 Å². The zero-order valence-electron chi connectivity index (χ0n) is 4.91. The van der Waals surface area contributed by atoms with Crippen molar-refractivity contribution in [3.63, 3.8) is 0 Å². The van der Waals surface area contributed by atoms with E-state index in [1.54, 1.807) is 0 Å². The van der Waals surface area contributed by atoms with Crippen LogP contribution in [0.4, 0.5) is 4.79 Å². The largest absolute Gasteiger partial charge is 0.450 e. The molecule has 54 valence electrons. The lowest BCUT2D eigenvalue weighted by molar-refractivity contribution is 0.155. The molecule has 0 saturated heterocycles. The van der Waals surface area contributed by atoms with Gasteiger partial charge in [-0.25, -0.2) is 4.79 Å². The Labute approximate surface area is 58.9 Å². The molecular weight excluding hydrogens is 140 g/mol. The molecule has 0 aliphatic carbocycles. The van der Waals surface area contributed by atoms with E-state index in [1.807, 2.05) is 0 Å². The van der Waals surface area contributed by atoms with Gasteiger partial charge < -0.3 is 16.2 Å². The first kappa shape index (κ1) is 8.58. The lowest BCUT2D eigenvalue weighted by atomic mass is 10.5. The summed E-state index contributed by atoms with van der Waals surface area (Å²) in [7, 11) is 0. The SMILES string of the molecule is NC(=O)OCCC(N)S. The minimum atomic E-state index is -0.774. The summed E-state index contributed by atoms with van der Waals surface area (Å²) >= 11 is 3.85. The van der Waals surface area contributed by atoms with E-state index in [1.165, 1.54) is 0 Å². The zero-order chi connectivity index (χ0) is 7.28. The van der Waals surface area contributed by atoms with Crippen LogP contribution in [0.2, 0.25) is 0 Å². The van der Waals surface area contributed by atoms with Crippen molar-refractivity contribution < 1.29 is 9.53 Å². The molecule has 0 aromatic rings. The molecule has 0 radical (unpaired) electrons. The Balaban J connectivity index is 3.01. The van der Waals surface area contributed by atoms with E-state index < -0.39 is 6.09 Å². The predicted octanol–water partition coefficient (Wildman–Crippen LogP) is -0.314. The molecule has 5 heteroatoms. The molecule has 1 atom stereocenters. The van der Waals surface area contributed by atoms with Crippen LogP contribution in [-0.4, -0.2) is 18.1 Å². The highest BCUT2D eigenvalue weighted by Gasteiger charge is 1.96. The Kier molecular flexibility index (Phi) is 4.25. The summed E-state index contributed by atoms with van der Waals surface area (Å²) in [6, 6.07) is 0. The van der Waals surface area contributed by atoms with E-state index >= 15 is 0 Å². The van der Waals surface area contributed by atoms with Crippen LogP contribution in [0, 0.1) is 0 Å². The molecule has 0 rings (SSSR count). The van der Waals surface area contributed by atoms with Crippen molar-refractivity contribution in [1.29, 1.82) is 0 Å². The Hall–Kier alpha value is -0.420. The third kappa shape index (κ3) is 7.58. The molecule has 1 unspecified atom stereocenters. The maximum absolute atomic E-state index is 9.92. The summed E-state index contributed by atoms with van der Waals surface area (Å²) < 4.78 is 4.36. The fourth-order valence-corrected chi connectivity index (χ4v) is 0.386. The number of thiol groups is 1. The number of ether oxygens (including phenoxy) is 1. The van der Waals surface area contributed by atoms with Gasteiger partial charge in [-0.3, -0.25) is 0 Å². The topological polar surface area (TPSA) is 78.3 Å². The summed E-state index contributed by atoms with van der Waals surface area (Å²) in [4.78, 5) is 9.92. The van der Waals surface area contributed by atoms with Gasteiger partial charge in [0.05, 0.1) is 12.0 Å². The minimum absolute atomic E-state index is 0.236. The quantitative estimate of drug-likeness (QED) is 0.381. The van der Waals surface area contributed by atoms with E-state index in [4.69, 9.17) is 5.73 Å². The van der Waals surface area contributed by atoms with Gasteiger partial charge in [-0.05, 0) is 0 Å². The van der Waals surface area contributed by atoms with E-state index in [9.17, 15) is 4.79 Å². The Morgan fingerprint density at radius 1 is 1.78 bits per heavy atom. The molecule has 0 saturated carbocycles. The van der Waals surface area contributed by atoms with Crippen LogP contribution in [0.3, 0.4) is 0 Å². The molecule has 1 amide bonds. The lowest BCUT2D eigenvalue weighted by Crippen LogP contribution is -2.19. The smallest absolute Gasteiger partial charge is 0.404 e. The zero-order valence-corrected chi connectivity index (χ0v) is 5.80. The van der Waals surface area contributed by atoms with Crippen LogP contribution in [0.15, 0.2) is 0 Å². The van der Waals surface area contributed by atoms with Gasteiger partial charge in [-0.1, -0.05) is 0 Å². The first-order valence-electron chi connectivity index (χ1n) is 2.49. The second-order valence-corrected chi connectivity index (χ2v) is 2.19. The van der Waals surface area contributed by atoms with Crippen LogP contribution in [0.25, 0.3) is 0 Å². The number of rotatable bonds is 3. The second-order valence-electron chi connectivity index (χ2n) is 1.52. The van der Waals surface area contributed by atoms with Crippen molar-refractivity contribution in [2.24, 2.45) is 11.5 Å². The number of hydrogen-bond donors (Lipinski definition) is 3. The number of nitrogens with two attached hydrogens (primary N) is 2. The van der Waals surface area contributed by atoms with E-state index in [0.717, 1.165) is 0 Å². The summed E-state index contributed by atoms with van der Waals surface area (Å²) in [5, 5.41) is -0.246. The number of primary amides is 1. The minimum Gasteiger partial charge on any atom is -0.450 e.